The molecule has 0 unspecified atom stereocenters. The average Bonchev–Trinajstić information content (AvgIpc) is 2.16. The van der Waals surface area contributed by atoms with Crippen LogP contribution in [-0.2, 0) is 13.2 Å². The molecule has 0 fully saturated rings. The lowest BCUT2D eigenvalue weighted by atomic mass is 10.1. The van der Waals surface area contributed by atoms with Crippen LogP contribution in [0.2, 0.25) is 5.15 Å². The van der Waals surface area contributed by atoms with Crippen LogP contribution in [0.5, 0.6) is 5.88 Å². The van der Waals surface area contributed by atoms with Crippen LogP contribution in [-0.4, -0.2) is 22.3 Å². The Hall–Kier alpha value is -0.840. The minimum absolute atomic E-state index is 0.200. The van der Waals surface area contributed by atoms with Crippen molar-refractivity contribution in [1.82, 2.24) is 4.98 Å². The van der Waals surface area contributed by atoms with Gasteiger partial charge in [0.05, 0.1) is 20.3 Å². The van der Waals surface area contributed by atoms with E-state index in [-0.39, 0.29) is 24.2 Å². The Morgan fingerprint density at radius 3 is 2.62 bits per heavy atom. The maximum atomic E-state index is 8.98. The summed E-state index contributed by atoms with van der Waals surface area (Å²) in [6, 6.07) is 1.50. The topological polar surface area (TPSA) is 62.6 Å². The lowest BCUT2D eigenvalue weighted by Gasteiger charge is -2.09. The van der Waals surface area contributed by atoms with Crippen LogP contribution in [0.1, 0.15) is 11.1 Å². The number of pyridine rings is 1. The molecule has 72 valence electrons. The van der Waals surface area contributed by atoms with E-state index in [0.717, 1.165) is 0 Å². The summed E-state index contributed by atoms with van der Waals surface area (Å²) in [5.74, 6) is 0.249. The zero-order chi connectivity index (χ0) is 9.84. The summed E-state index contributed by atoms with van der Waals surface area (Å²) in [5, 5.41) is 18.2. The summed E-state index contributed by atoms with van der Waals surface area (Å²) in [6.07, 6.45) is 0. The third-order valence-corrected chi connectivity index (χ3v) is 1.86. The predicted molar refractivity (Wildman–Crippen MR) is 47.6 cm³/mol. The molecule has 4 nitrogen and oxygen atoms in total. The number of ether oxygens (including phenoxy) is 1. The quantitative estimate of drug-likeness (QED) is 0.711. The predicted octanol–water partition coefficient (Wildman–Crippen LogP) is 0.728. The Bertz CT molecular complexity index is 278. The van der Waals surface area contributed by atoms with E-state index in [2.05, 4.69) is 4.98 Å². The lowest BCUT2D eigenvalue weighted by molar-refractivity contribution is 0.252. The molecule has 0 bridgehead atoms. The van der Waals surface area contributed by atoms with Crippen molar-refractivity contribution in [3.8, 4) is 5.88 Å². The van der Waals surface area contributed by atoms with Crippen molar-refractivity contribution in [2.75, 3.05) is 7.11 Å². The molecule has 1 heterocycles. The molecule has 1 aromatic rings. The number of rotatable bonds is 3. The van der Waals surface area contributed by atoms with E-state index in [4.69, 9.17) is 26.6 Å². The summed E-state index contributed by atoms with van der Waals surface area (Å²) < 4.78 is 4.89. The van der Waals surface area contributed by atoms with Gasteiger partial charge in [0.1, 0.15) is 5.15 Å². The first kappa shape index (κ1) is 10.2. The summed E-state index contributed by atoms with van der Waals surface area (Å²) in [6.45, 7) is -0.433. The van der Waals surface area contributed by atoms with E-state index >= 15 is 0 Å². The Kier molecular flexibility index (Phi) is 3.48. The molecule has 0 aliphatic rings. The SMILES string of the molecule is COc1nc(Cl)cc(CO)c1CO. The van der Waals surface area contributed by atoms with Gasteiger partial charge in [-0.15, -0.1) is 0 Å². The molecule has 1 rings (SSSR count). The van der Waals surface area contributed by atoms with Gasteiger partial charge in [0.15, 0.2) is 0 Å². The summed E-state index contributed by atoms with van der Waals surface area (Å²) in [5.41, 5.74) is 0.994. The Labute approximate surface area is 80.8 Å². The second-order valence-electron chi connectivity index (χ2n) is 2.41. The summed E-state index contributed by atoms with van der Waals surface area (Å²) in [7, 11) is 1.43. The fraction of sp³-hybridized carbons (Fsp3) is 0.375. The number of halogens is 1. The van der Waals surface area contributed by atoms with Gasteiger partial charge < -0.3 is 14.9 Å². The van der Waals surface area contributed by atoms with Crippen molar-refractivity contribution in [2.24, 2.45) is 0 Å². The van der Waals surface area contributed by atoms with E-state index in [1.165, 1.54) is 13.2 Å². The second-order valence-corrected chi connectivity index (χ2v) is 2.80. The highest BCUT2D eigenvalue weighted by molar-refractivity contribution is 6.29. The van der Waals surface area contributed by atoms with Crippen molar-refractivity contribution in [1.29, 1.82) is 0 Å². The minimum Gasteiger partial charge on any atom is -0.481 e. The van der Waals surface area contributed by atoms with Gasteiger partial charge in [0.2, 0.25) is 5.88 Å². The molecular weight excluding hydrogens is 194 g/mol. The highest BCUT2D eigenvalue weighted by Gasteiger charge is 2.10. The zero-order valence-corrected chi connectivity index (χ0v) is 7.88. The molecule has 0 aromatic carbocycles. The Morgan fingerprint density at radius 2 is 2.15 bits per heavy atom. The number of hydrogen-bond acceptors (Lipinski definition) is 4. The number of methoxy groups -OCH3 is 1. The van der Waals surface area contributed by atoms with E-state index in [0.29, 0.717) is 11.1 Å². The van der Waals surface area contributed by atoms with Crippen LogP contribution in [0.3, 0.4) is 0 Å². The number of nitrogens with zero attached hydrogens (tertiary/aromatic N) is 1. The van der Waals surface area contributed by atoms with Gasteiger partial charge in [-0.2, -0.15) is 0 Å². The largest absolute Gasteiger partial charge is 0.481 e. The molecule has 0 aliphatic heterocycles. The number of aliphatic hydroxyl groups is 2. The smallest absolute Gasteiger partial charge is 0.220 e. The van der Waals surface area contributed by atoms with Gasteiger partial charge in [-0.3, -0.25) is 0 Å². The highest BCUT2D eigenvalue weighted by atomic mass is 35.5. The van der Waals surface area contributed by atoms with Gasteiger partial charge in [0.25, 0.3) is 0 Å². The van der Waals surface area contributed by atoms with Crippen LogP contribution in [0, 0.1) is 0 Å². The van der Waals surface area contributed by atoms with E-state index in [1.807, 2.05) is 0 Å². The van der Waals surface area contributed by atoms with Gasteiger partial charge in [-0.25, -0.2) is 4.98 Å². The molecule has 0 aliphatic carbocycles. The van der Waals surface area contributed by atoms with E-state index in [1.54, 1.807) is 0 Å². The standard InChI is InChI=1S/C8H10ClNO3/c1-13-8-6(4-12)5(3-11)2-7(9)10-8/h2,11-12H,3-4H2,1H3. The fourth-order valence-electron chi connectivity index (χ4n) is 1.04. The summed E-state index contributed by atoms with van der Waals surface area (Å²) in [4.78, 5) is 3.84. The zero-order valence-electron chi connectivity index (χ0n) is 7.12. The first-order chi connectivity index (χ1) is 6.22. The van der Waals surface area contributed by atoms with Crippen molar-refractivity contribution in [3.05, 3.63) is 22.3 Å². The van der Waals surface area contributed by atoms with Crippen LogP contribution in [0.25, 0.3) is 0 Å². The molecule has 0 atom stereocenters. The van der Waals surface area contributed by atoms with Crippen LogP contribution < -0.4 is 4.74 Å². The maximum Gasteiger partial charge on any atom is 0.220 e. The van der Waals surface area contributed by atoms with E-state index in [9.17, 15) is 0 Å². The van der Waals surface area contributed by atoms with Crippen LogP contribution in [0.15, 0.2) is 6.07 Å². The van der Waals surface area contributed by atoms with Gasteiger partial charge in [0, 0.05) is 5.56 Å². The van der Waals surface area contributed by atoms with Gasteiger partial charge in [-0.1, -0.05) is 11.6 Å². The number of aliphatic hydroxyl groups excluding tert-OH is 2. The number of aromatic nitrogens is 1. The lowest BCUT2D eigenvalue weighted by Crippen LogP contribution is -2.01. The molecule has 2 N–H and O–H groups in total. The molecule has 0 radical (unpaired) electrons. The van der Waals surface area contributed by atoms with Crippen LogP contribution >= 0.6 is 11.6 Å². The van der Waals surface area contributed by atoms with Crippen molar-refractivity contribution >= 4 is 11.6 Å². The molecule has 1 aromatic heterocycles. The summed E-state index contributed by atoms with van der Waals surface area (Å²) >= 11 is 5.65. The molecule has 0 amide bonds. The monoisotopic (exact) mass is 203 g/mol. The molecule has 13 heavy (non-hydrogen) atoms. The maximum absolute atomic E-state index is 8.98. The molecule has 0 saturated carbocycles. The average molecular weight is 204 g/mol. The van der Waals surface area contributed by atoms with Gasteiger partial charge in [-0.05, 0) is 11.6 Å². The molecule has 5 heteroatoms. The fourth-order valence-corrected chi connectivity index (χ4v) is 1.25. The van der Waals surface area contributed by atoms with Crippen LogP contribution in [0.4, 0.5) is 0 Å². The first-order valence-electron chi connectivity index (χ1n) is 3.67. The molecule has 0 spiro atoms. The third-order valence-electron chi connectivity index (χ3n) is 1.67. The Morgan fingerprint density at radius 1 is 1.46 bits per heavy atom. The third kappa shape index (κ3) is 2.09. The normalized spacial score (nSPS) is 10.2. The van der Waals surface area contributed by atoms with E-state index < -0.39 is 0 Å². The molecule has 0 saturated heterocycles. The molecular formula is C8H10ClNO3. The van der Waals surface area contributed by atoms with Crippen molar-refractivity contribution in [2.45, 2.75) is 13.2 Å². The Balaban J connectivity index is 3.25. The number of hydrogen-bond donors (Lipinski definition) is 2. The second kappa shape index (κ2) is 4.41. The first-order valence-corrected chi connectivity index (χ1v) is 4.04. The van der Waals surface area contributed by atoms with Crippen molar-refractivity contribution in [3.63, 3.8) is 0 Å². The van der Waals surface area contributed by atoms with Gasteiger partial charge >= 0.3 is 0 Å². The minimum atomic E-state index is -0.233. The highest BCUT2D eigenvalue weighted by Crippen LogP contribution is 2.23. The van der Waals surface area contributed by atoms with Crippen molar-refractivity contribution < 1.29 is 14.9 Å².